The van der Waals surface area contributed by atoms with Crippen LogP contribution in [0.4, 0.5) is 0 Å². The lowest BCUT2D eigenvalue weighted by Crippen LogP contribution is -2.60. The minimum atomic E-state index is 0.267. The molecule has 10 unspecified atom stereocenters. The first-order valence-electron chi connectivity index (χ1n) is 26.0. The van der Waals surface area contributed by atoms with E-state index in [0.29, 0.717) is 22.2 Å². The van der Waals surface area contributed by atoms with E-state index in [1.807, 2.05) is 66.7 Å². The van der Waals surface area contributed by atoms with Crippen LogP contribution >= 0.6 is 0 Å². The SMILES string of the molecule is C=C(CC)NC.C=CC.C=CC(C)(C)CC(CCCC)CC1CCC2(C)C(CCC3(C)C4CCC5(/C(=C/C)CC)CCC(C(C)C)=C5C4CCC32)C1C.CC.CC.CC. The van der Waals surface area contributed by atoms with Gasteiger partial charge >= 0.3 is 0 Å². The van der Waals surface area contributed by atoms with Crippen LogP contribution in [0.25, 0.3) is 0 Å². The van der Waals surface area contributed by atoms with Gasteiger partial charge in [-0.05, 0) is 167 Å². The van der Waals surface area contributed by atoms with E-state index in [2.05, 4.69) is 113 Å². The van der Waals surface area contributed by atoms with E-state index in [1.54, 1.807) is 11.6 Å². The largest absolute Gasteiger partial charge is 0.392 e. The Labute approximate surface area is 374 Å². The van der Waals surface area contributed by atoms with Gasteiger partial charge < -0.3 is 5.32 Å². The Hall–Kier alpha value is -1.50. The normalized spacial score (nSPS) is 32.3. The molecular formula is C58H109N. The quantitative estimate of drug-likeness (QED) is 0.183. The molecule has 1 nitrogen and oxygen atoms in total. The minimum Gasteiger partial charge on any atom is -0.392 e. The van der Waals surface area contributed by atoms with Crippen LogP contribution in [0.3, 0.4) is 0 Å². The van der Waals surface area contributed by atoms with Gasteiger partial charge in [0.25, 0.3) is 0 Å². The van der Waals surface area contributed by atoms with E-state index in [9.17, 15) is 0 Å². The van der Waals surface area contributed by atoms with Crippen molar-refractivity contribution in [2.24, 2.45) is 69.0 Å². The molecule has 0 aromatic heterocycles. The zero-order valence-electron chi connectivity index (χ0n) is 44.0. The molecule has 5 aliphatic carbocycles. The predicted molar refractivity (Wildman–Crippen MR) is 272 cm³/mol. The van der Waals surface area contributed by atoms with Crippen molar-refractivity contribution < 1.29 is 0 Å². The molecule has 4 fully saturated rings. The monoisotopic (exact) mass is 820 g/mol. The minimum absolute atomic E-state index is 0.267. The molecule has 346 valence electrons. The molecule has 1 N–H and O–H groups in total. The lowest BCUT2D eigenvalue weighted by molar-refractivity contribution is -0.170. The second kappa shape index (κ2) is 27.5. The average molecular weight is 821 g/mol. The van der Waals surface area contributed by atoms with Crippen LogP contribution in [-0.4, -0.2) is 7.05 Å². The highest BCUT2D eigenvalue weighted by molar-refractivity contribution is 5.43. The molecule has 0 aromatic carbocycles. The summed E-state index contributed by atoms with van der Waals surface area (Å²) in [6.45, 7) is 52.6. The molecule has 0 saturated heterocycles. The standard InChI is InChI=1S/C44H74.C5H11N.C3H6.3C2H6/c1-12-16-17-32(29-41(8,9)15-4)28-33-20-24-42(10)37(31(33)7)22-25-43(11)38-23-27-44(34(13-2)14-3)26-21-35(30(5)6)40(44)36(38)18-19-39(42)43;1-4-5(2)6-3;1-3-2;3*1-2/h13,15,30-33,36-39H,4,12,14,16-29H2,1-3,5-11H3;6H,2,4H2,1,3H3;3H,1H2,2H3;3*1-2H3/b34-13+;;;;;. The summed E-state index contributed by atoms with van der Waals surface area (Å²) < 4.78 is 0. The van der Waals surface area contributed by atoms with Gasteiger partial charge in [0.2, 0.25) is 0 Å². The molecule has 0 bridgehead atoms. The van der Waals surface area contributed by atoms with Gasteiger partial charge in [-0.25, -0.2) is 0 Å². The molecule has 0 aromatic rings. The fourth-order valence-corrected chi connectivity index (χ4v) is 13.9. The fourth-order valence-electron chi connectivity index (χ4n) is 13.9. The molecule has 5 rings (SSSR count). The third-order valence-corrected chi connectivity index (χ3v) is 16.7. The number of fused-ring (bicyclic) bond motifs is 7. The van der Waals surface area contributed by atoms with E-state index in [4.69, 9.17) is 0 Å². The number of allylic oxidation sites excluding steroid dienone is 7. The maximum absolute atomic E-state index is 4.21. The maximum atomic E-state index is 4.21. The van der Waals surface area contributed by atoms with Crippen molar-refractivity contribution in [1.29, 1.82) is 0 Å². The molecule has 0 spiro atoms. The van der Waals surface area contributed by atoms with Crippen LogP contribution in [0.1, 0.15) is 234 Å². The molecule has 59 heavy (non-hydrogen) atoms. The summed E-state index contributed by atoms with van der Waals surface area (Å²) >= 11 is 0. The second-order valence-electron chi connectivity index (χ2n) is 20.3. The smallest absolute Gasteiger partial charge is 0.0129 e. The fraction of sp³-hybridized carbons (Fsp3) is 0.828. The van der Waals surface area contributed by atoms with Gasteiger partial charge in [-0.15, -0.1) is 13.2 Å². The van der Waals surface area contributed by atoms with E-state index < -0.39 is 0 Å². The summed E-state index contributed by atoms with van der Waals surface area (Å²) in [6.07, 6.45) is 30.4. The Bertz CT molecular complexity index is 1250. The highest BCUT2D eigenvalue weighted by Crippen LogP contribution is 2.73. The number of nitrogens with one attached hydrogen (secondary N) is 1. The molecule has 4 saturated carbocycles. The zero-order chi connectivity index (χ0) is 45.8. The van der Waals surface area contributed by atoms with E-state index >= 15 is 0 Å². The van der Waals surface area contributed by atoms with Crippen LogP contribution < -0.4 is 5.32 Å². The molecule has 5 aliphatic rings. The van der Waals surface area contributed by atoms with Crippen molar-refractivity contribution in [2.75, 3.05) is 7.05 Å². The Morgan fingerprint density at radius 1 is 0.831 bits per heavy atom. The predicted octanol–water partition coefficient (Wildman–Crippen LogP) is 19.2. The van der Waals surface area contributed by atoms with Gasteiger partial charge in [-0.3, -0.25) is 0 Å². The Balaban J connectivity index is 0.00000196. The highest BCUT2D eigenvalue weighted by atomic mass is 14.8. The zero-order valence-corrected chi connectivity index (χ0v) is 44.0. The first kappa shape index (κ1) is 57.5. The first-order chi connectivity index (χ1) is 28.0. The third-order valence-electron chi connectivity index (χ3n) is 16.7. The third kappa shape index (κ3) is 13.5. The van der Waals surface area contributed by atoms with Gasteiger partial charge in [-0.1, -0.05) is 172 Å². The van der Waals surface area contributed by atoms with Crippen molar-refractivity contribution in [3.63, 3.8) is 0 Å². The number of hydrogen-bond donors (Lipinski definition) is 1. The molecule has 0 heterocycles. The van der Waals surface area contributed by atoms with Gasteiger partial charge in [-0.2, -0.15) is 0 Å². The second-order valence-corrected chi connectivity index (χ2v) is 20.3. The summed E-state index contributed by atoms with van der Waals surface area (Å²) in [4.78, 5) is 0. The van der Waals surface area contributed by atoms with Gasteiger partial charge in [0, 0.05) is 18.2 Å². The number of unbranched alkanes of at least 4 members (excludes halogenated alkanes) is 1. The summed E-state index contributed by atoms with van der Waals surface area (Å²) in [6, 6.07) is 0. The average Bonchev–Trinajstić information content (AvgIpc) is 3.65. The van der Waals surface area contributed by atoms with Gasteiger partial charge in [0.05, 0.1) is 0 Å². The van der Waals surface area contributed by atoms with Crippen LogP contribution in [0.15, 0.2) is 60.4 Å². The van der Waals surface area contributed by atoms with Crippen molar-refractivity contribution in [1.82, 2.24) is 5.32 Å². The molecule has 1 heteroatoms. The van der Waals surface area contributed by atoms with Gasteiger partial charge in [0.15, 0.2) is 0 Å². The molecule has 0 aliphatic heterocycles. The topological polar surface area (TPSA) is 12.0 Å². The molecule has 0 radical (unpaired) electrons. The van der Waals surface area contributed by atoms with Crippen LogP contribution in [0, 0.1) is 69.0 Å². The number of rotatable bonds is 13. The van der Waals surface area contributed by atoms with Crippen LogP contribution in [0.2, 0.25) is 0 Å². The lowest BCUT2D eigenvalue weighted by Gasteiger charge is -2.67. The molecule has 0 amide bonds. The summed E-state index contributed by atoms with van der Waals surface area (Å²) in [5.41, 5.74) is 8.53. The van der Waals surface area contributed by atoms with Crippen LogP contribution in [0.5, 0.6) is 0 Å². The Morgan fingerprint density at radius 2 is 1.39 bits per heavy atom. The molecular weight excluding hydrogens is 711 g/mol. The number of hydrogen-bond acceptors (Lipinski definition) is 1. The summed E-state index contributed by atoms with van der Waals surface area (Å²) in [5, 5.41) is 2.92. The van der Waals surface area contributed by atoms with Crippen molar-refractivity contribution >= 4 is 0 Å². The Kier molecular flexibility index (Phi) is 26.8. The summed E-state index contributed by atoms with van der Waals surface area (Å²) in [5.74, 6) is 7.03. The highest BCUT2D eigenvalue weighted by Gasteiger charge is 2.64. The maximum Gasteiger partial charge on any atom is 0.0129 e. The molecule has 10 atom stereocenters. The van der Waals surface area contributed by atoms with Crippen molar-refractivity contribution in [2.45, 2.75) is 234 Å². The van der Waals surface area contributed by atoms with E-state index in [0.717, 1.165) is 53.5 Å². The van der Waals surface area contributed by atoms with Gasteiger partial charge in [0.1, 0.15) is 0 Å². The summed E-state index contributed by atoms with van der Waals surface area (Å²) in [7, 11) is 1.88. The van der Waals surface area contributed by atoms with E-state index in [1.165, 1.54) is 103 Å². The van der Waals surface area contributed by atoms with Crippen LogP contribution in [-0.2, 0) is 0 Å². The van der Waals surface area contributed by atoms with Crippen molar-refractivity contribution in [3.8, 4) is 0 Å². The van der Waals surface area contributed by atoms with Crippen molar-refractivity contribution in [3.05, 3.63) is 60.4 Å². The first-order valence-corrected chi connectivity index (χ1v) is 26.0. The van der Waals surface area contributed by atoms with E-state index in [-0.39, 0.29) is 5.41 Å². The lowest BCUT2D eigenvalue weighted by atomic mass is 9.37. The Morgan fingerprint density at radius 3 is 1.86 bits per heavy atom.